The zero-order chi connectivity index (χ0) is 20.3. The van der Waals surface area contributed by atoms with Crippen LogP contribution >= 0.6 is 11.8 Å². The van der Waals surface area contributed by atoms with Crippen molar-refractivity contribution < 1.29 is 4.79 Å². The Morgan fingerprint density at radius 3 is 2.61 bits per heavy atom. The van der Waals surface area contributed by atoms with E-state index in [4.69, 9.17) is 4.98 Å². The van der Waals surface area contributed by atoms with E-state index < -0.39 is 0 Å². The van der Waals surface area contributed by atoms with Crippen LogP contribution in [0.25, 0.3) is 0 Å². The minimum atomic E-state index is 0.0368. The van der Waals surface area contributed by atoms with Gasteiger partial charge in [0.25, 0.3) is 0 Å². The highest BCUT2D eigenvalue weighted by molar-refractivity contribution is 7.99. The van der Waals surface area contributed by atoms with Crippen molar-refractivity contribution in [3.8, 4) is 0 Å². The van der Waals surface area contributed by atoms with Crippen LogP contribution in [0.5, 0.6) is 0 Å². The molecule has 1 aromatic heterocycles. The van der Waals surface area contributed by atoms with Crippen LogP contribution in [0.1, 0.15) is 80.4 Å². The Labute approximate surface area is 173 Å². The van der Waals surface area contributed by atoms with Gasteiger partial charge in [0.1, 0.15) is 0 Å². The summed E-state index contributed by atoms with van der Waals surface area (Å²) in [6.07, 6.45) is 6.35. The summed E-state index contributed by atoms with van der Waals surface area (Å²) in [5.41, 5.74) is 5.59. The average molecular weight is 400 g/mol. The summed E-state index contributed by atoms with van der Waals surface area (Å²) in [5, 5.41) is 4.15. The Kier molecular flexibility index (Phi) is 6.86. The summed E-state index contributed by atoms with van der Waals surface area (Å²) < 4.78 is 2.39. The van der Waals surface area contributed by atoms with Crippen molar-refractivity contribution >= 4 is 23.4 Å². The smallest absolute Gasteiger partial charge is 0.234 e. The predicted octanol–water partition coefficient (Wildman–Crippen LogP) is 6.17. The number of benzene rings is 1. The number of anilines is 1. The maximum absolute atomic E-state index is 12.7. The Hall–Kier alpha value is -1.75. The quantitative estimate of drug-likeness (QED) is 0.591. The summed E-state index contributed by atoms with van der Waals surface area (Å²) in [7, 11) is 0. The highest BCUT2D eigenvalue weighted by atomic mass is 32.2. The number of hydrogen-bond acceptors (Lipinski definition) is 3. The molecule has 1 fully saturated rings. The van der Waals surface area contributed by atoms with E-state index >= 15 is 0 Å². The number of imidazole rings is 1. The van der Waals surface area contributed by atoms with Crippen LogP contribution in [-0.4, -0.2) is 21.2 Å². The molecular weight excluding hydrogens is 366 g/mol. The van der Waals surface area contributed by atoms with Crippen LogP contribution < -0.4 is 5.32 Å². The second-order valence-electron chi connectivity index (χ2n) is 8.26. The number of carbonyl (C=O) groups excluding carboxylic acids is 1. The van der Waals surface area contributed by atoms with E-state index in [1.165, 1.54) is 43.4 Å². The summed E-state index contributed by atoms with van der Waals surface area (Å²) >= 11 is 1.56. The first-order valence-electron chi connectivity index (χ1n) is 10.5. The van der Waals surface area contributed by atoms with Gasteiger partial charge in [0, 0.05) is 17.4 Å². The molecule has 152 valence electrons. The van der Waals surface area contributed by atoms with Crippen molar-refractivity contribution in [2.45, 2.75) is 83.8 Å². The first-order chi connectivity index (χ1) is 13.4. The van der Waals surface area contributed by atoms with Gasteiger partial charge in [0.05, 0.1) is 11.4 Å². The molecule has 0 spiro atoms. The molecule has 4 nitrogen and oxygen atoms in total. The lowest BCUT2D eigenvalue weighted by Crippen LogP contribution is -2.18. The molecule has 1 amide bonds. The van der Waals surface area contributed by atoms with Crippen molar-refractivity contribution in [1.29, 1.82) is 0 Å². The van der Waals surface area contributed by atoms with E-state index in [1.807, 2.05) is 0 Å². The lowest BCUT2D eigenvalue weighted by atomic mass is 9.95. The second kappa shape index (κ2) is 9.17. The molecule has 0 unspecified atom stereocenters. The molecule has 1 aliphatic rings. The molecule has 1 aliphatic carbocycles. The zero-order valence-corrected chi connectivity index (χ0v) is 18.7. The van der Waals surface area contributed by atoms with Gasteiger partial charge in [-0.2, -0.15) is 0 Å². The number of nitrogens with zero attached hydrogens (tertiary/aromatic N) is 2. The lowest BCUT2D eigenvalue weighted by molar-refractivity contribution is -0.113. The standard InChI is InChI=1S/C23H33N3OS/c1-15(2)20-13-9-10-16(3)22(20)25-21(27)14-28-23-24-17(4)18(5)26(23)19-11-7-6-8-12-19/h9-10,13,15,19H,6-8,11-12,14H2,1-5H3,(H,25,27). The molecule has 28 heavy (non-hydrogen) atoms. The minimum absolute atomic E-state index is 0.0368. The highest BCUT2D eigenvalue weighted by Gasteiger charge is 2.22. The first-order valence-corrected chi connectivity index (χ1v) is 11.4. The van der Waals surface area contributed by atoms with Gasteiger partial charge in [-0.1, -0.05) is 63.1 Å². The van der Waals surface area contributed by atoms with E-state index in [9.17, 15) is 4.79 Å². The molecule has 3 rings (SSSR count). The average Bonchev–Trinajstić information content (AvgIpc) is 2.96. The SMILES string of the molecule is Cc1cccc(C(C)C)c1NC(=O)CSc1nc(C)c(C)n1C1CCCCC1. The number of nitrogens with one attached hydrogen (secondary N) is 1. The van der Waals surface area contributed by atoms with Gasteiger partial charge in [-0.05, 0) is 50.7 Å². The van der Waals surface area contributed by atoms with Crippen LogP contribution in [0.4, 0.5) is 5.69 Å². The number of carbonyl (C=O) groups is 1. The van der Waals surface area contributed by atoms with Crippen LogP contribution in [0.3, 0.4) is 0 Å². The van der Waals surface area contributed by atoms with Crippen molar-refractivity contribution in [2.75, 3.05) is 11.1 Å². The van der Waals surface area contributed by atoms with Gasteiger partial charge in [-0.3, -0.25) is 4.79 Å². The summed E-state index contributed by atoms with van der Waals surface area (Å²) in [6.45, 7) is 10.6. The van der Waals surface area contributed by atoms with E-state index in [-0.39, 0.29) is 5.91 Å². The summed E-state index contributed by atoms with van der Waals surface area (Å²) in [4.78, 5) is 17.5. The maximum atomic E-state index is 12.7. The lowest BCUT2D eigenvalue weighted by Gasteiger charge is -2.26. The van der Waals surface area contributed by atoms with Gasteiger partial charge in [0.2, 0.25) is 5.91 Å². The van der Waals surface area contributed by atoms with Gasteiger partial charge in [-0.25, -0.2) is 4.98 Å². The number of para-hydroxylation sites is 1. The third-order valence-corrected chi connectivity index (χ3v) is 6.77. The van der Waals surface area contributed by atoms with Crippen molar-refractivity contribution in [1.82, 2.24) is 9.55 Å². The molecule has 0 saturated heterocycles. The predicted molar refractivity (Wildman–Crippen MR) is 118 cm³/mol. The molecule has 1 saturated carbocycles. The molecule has 0 radical (unpaired) electrons. The van der Waals surface area contributed by atoms with Crippen LogP contribution in [0, 0.1) is 20.8 Å². The van der Waals surface area contributed by atoms with E-state index in [2.05, 4.69) is 62.7 Å². The Morgan fingerprint density at radius 2 is 1.93 bits per heavy atom. The Balaban J connectivity index is 1.71. The van der Waals surface area contributed by atoms with Crippen LogP contribution in [-0.2, 0) is 4.79 Å². The van der Waals surface area contributed by atoms with Gasteiger partial charge in [0.15, 0.2) is 5.16 Å². The third-order valence-electron chi connectivity index (χ3n) is 5.82. The van der Waals surface area contributed by atoms with E-state index in [0.29, 0.717) is 17.7 Å². The highest BCUT2D eigenvalue weighted by Crippen LogP contribution is 2.34. The van der Waals surface area contributed by atoms with Gasteiger partial charge in [-0.15, -0.1) is 0 Å². The van der Waals surface area contributed by atoms with Gasteiger partial charge < -0.3 is 9.88 Å². The maximum Gasteiger partial charge on any atom is 0.234 e. The Morgan fingerprint density at radius 1 is 1.21 bits per heavy atom. The third kappa shape index (κ3) is 4.62. The number of aryl methyl sites for hydroxylation is 2. The molecule has 1 aromatic carbocycles. The fourth-order valence-corrected chi connectivity index (χ4v) is 5.07. The topological polar surface area (TPSA) is 46.9 Å². The Bertz CT molecular complexity index is 835. The normalized spacial score (nSPS) is 15.2. The largest absolute Gasteiger partial charge is 0.325 e. The second-order valence-corrected chi connectivity index (χ2v) is 9.20. The molecule has 0 atom stereocenters. The van der Waals surface area contributed by atoms with Crippen LogP contribution in [0.15, 0.2) is 23.4 Å². The number of thioether (sulfide) groups is 1. The van der Waals surface area contributed by atoms with E-state index in [1.54, 1.807) is 11.8 Å². The molecular formula is C23H33N3OS. The molecule has 2 aromatic rings. The van der Waals surface area contributed by atoms with Crippen molar-refractivity contribution in [3.63, 3.8) is 0 Å². The first kappa shape index (κ1) is 21.0. The van der Waals surface area contributed by atoms with Gasteiger partial charge >= 0.3 is 0 Å². The molecule has 5 heteroatoms. The molecule has 1 N–H and O–H groups in total. The fourth-order valence-electron chi connectivity index (χ4n) is 4.12. The number of amides is 1. The molecule has 0 aliphatic heterocycles. The zero-order valence-electron chi connectivity index (χ0n) is 17.8. The molecule has 1 heterocycles. The number of hydrogen-bond donors (Lipinski definition) is 1. The van der Waals surface area contributed by atoms with Crippen molar-refractivity contribution in [3.05, 3.63) is 40.7 Å². The number of aromatic nitrogens is 2. The number of rotatable bonds is 6. The van der Waals surface area contributed by atoms with Crippen molar-refractivity contribution in [2.24, 2.45) is 0 Å². The van der Waals surface area contributed by atoms with E-state index in [0.717, 1.165) is 22.1 Å². The molecule has 0 bridgehead atoms. The van der Waals surface area contributed by atoms with Crippen LogP contribution in [0.2, 0.25) is 0 Å². The monoisotopic (exact) mass is 399 g/mol. The minimum Gasteiger partial charge on any atom is -0.325 e. The summed E-state index contributed by atoms with van der Waals surface area (Å²) in [5.74, 6) is 0.794. The summed E-state index contributed by atoms with van der Waals surface area (Å²) in [6, 6.07) is 6.74. The fraction of sp³-hybridized carbons (Fsp3) is 0.565.